The average Bonchev–Trinajstić information content (AvgIpc) is 2.37. The summed E-state index contributed by atoms with van der Waals surface area (Å²) in [6.07, 6.45) is -3.17. The molecule has 0 bridgehead atoms. The minimum atomic E-state index is -4.57. The molecule has 1 heterocycles. The molecule has 100 valence electrons. The van der Waals surface area contributed by atoms with Crippen molar-refractivity contribution >= 4 is 0 Å². The smallest absolute Gasteiger partial charge is 0.416 e. The molecular formula is C13H9F4NO. The first-order chi connectivity index (χ1) is 8.91. The van der Waals surface area contributed by atoms with Gasteiger partial charge in [-0.25, -0.2) is 4.39 Å². The Balaban J connectivity index is 2.46. The van der Waals surface area contributed by atoms with E-state index in [9.17, 15) is 17.6 Å². The summed E-state index contributed by atoms with van der Waals surface area (Å²) >= 11 is 0. The Bertz CT molecular complexity index is 595. The highest BCUT2D eigenvalue weighted by Crippen LogP contribution is 2.32. The van der Waals surface area contributed by atoms with Gasteiger partial charge in [-0.2, -0.15) is 13.2 Å². The number of hydrogen-bond acceptors (Lipinski definition) is 2. The molecule has 0 radical (unpaired) electrons. The fourth-order valence-corrected chi connectivity index (χ4v) is 1.58. The highest BCUT2D eigenvalue weighted by Gasteiger charge is 2.31. The summed E-state index contributed by atoms with van der Waals surface area (Å²) in [5.74, 6) is -0.528. The quantitative estimate of drug-likeness (QED) is 0.772. The average molecular weight is 271 g/mol. The van der Waals surface area contributed by atoms with Crippen molar-refractivity contribution in [1.82, 2.24) is 4.98 Å². The van der Waals surface area contributed by atoms with E-state index in [-0.39, 0.29) is 11.3 Å². The number of alkyl halides is 3. The Morgan fingerprint density at radius 3 is 2.42 bits per heavy atom. The minimum absolute atomic E-state index is 0.00750. The minimum Gasteiger partial charge on any atom is -0.497 e. The Morgan fingerprint density at radius 2 is 1.84 bits per heavy atom. The molecule has 19 heavy (non-hydrogen) atoms. The van der Waals surface area contributed by atoms with E-state index >= 15 is 0 Å². The molecular weight excluding hydrogens is 262 g/mol. The van der Waals surface area contributed by atoms with E-state index in [2.05, 4.69) is 4.98 Å². The number of benzene rings is 1. The number of rotatable bonds is 2. The summed E-state index contributed by atoms with van der Waals surface area (Å²) in [4.78, 5) is 3.91. The Morgan fingerprint density at radius 1 is 1.11 bits per heavy atom. The fourth-order valence-electron chi connectivity index (χ4n) is 1.58. The molecule has 1 aromatic carbocycles. The van der Waals surface area contributed by atoms with E-state index < -0.39 is 17.6 Å². The van der Waals surface area contributed by atoms with Crippen molar-refractivity contribution in [1.29, 1.82) is 0 Å². The molecule has 0 aliphatic rings. The largest absolute Gasteiger partial charge is 0.497 e. The molecule has 1 aromatic heterocycles. The van der Waals surface area contributed by atoms with Crippen molar-refractivity contribution in [2.75, 3.05) is 7.11 Å². The van der Waals surface area contributed by atoms with Crippen molar-refractivity contribution in [3.8, 4) is 17.0 Å². The zero-order valence-electron chi connectivity index (χ0n) is 9.83. The van der Waals surface area contributed by atoms with E-state index in [1.165, 1.54) is 19.4 Å². The van der Waals surface area contributed by atoms with Gasteiger partial charge in [0.25, 0.3) is 0 Å². The molecule has 0 atom stereocenters. The highest BCUT2D eigenvalue weighted by atomic mass is 19.4. The van der Waals surface area contributed by atoms with Crippen molar-refractivity contribution in [2.45, 2.75) is 6.18 Å². The molecule has 2 rings (SSSR count). The van der Waals surface area contributed by atoms with Crippen LogP contribution >= 0.6 is 0 Å². The van der Waals surface area contributed by atoms with Gasteiger partial charge in [0.05, 0.1) is 18.4 Å². The fraction of sp³-hybridized carbons (Fsp3) is 0.154. The van der Waals surface area contributed by atoms with Crippen LogP contribution in [0.5, 0.6) is 5.75 Å². The van der Waals surface area contributed by atoms with Crippen molar-refractivity contribution in [3.63, 3.8) is 0 Å². The van der Waals surface area contributed by atoms with Crippen LogP contribution in [0.2, 0.25) is 0 Å². The third-order valence-corrected chi connectivity index (χ3v) is 2.54. The van der Waals surface area contributed by atoms with Crippen LogP contribution in [-0.4, -0.2) is 12.1 Å². The summed E-state index contributed by atoms with van der Waals surface area (Å²) in [6.45, 7) is 0. The second-order valence-corrected chi connectivity index (χ2v) is 3.77. The lowest BCUT2D eigenvalue weighted by Crippen LogP contribution is -2.05. The summed E-state index contributed by atoms with van der Waals surface area (Å²) in [5.41, 5.74) is -0.825. The Kier molecular flexibility index (Phi) is 3.42. The maximum absolute atomic E-state index is 13.7. The standard InChI is InChI=1S/C13H9F4NO/c1-19-9-4-5-18-12(7-9)10-3-2-8(6-11(10)14)13(15,16)17/h2-7H,1H3. The predicted octanol–water partition coefficient (Wildman–Crippen LogP) is 3.92. The molecule has 0 saturated carbocycles. The summed E-state index contributed by atoms with van der Waals surface area (Å²) in [6, 6.07) is 5.34. The monoisotopic (exact) mass is 271 g/mol. The van der Waals surface area contributed by atoms with Crippen LogP contribution in [0.4, 0.5) is 17.6 Å². The number of halogens is 4. The maximum atomic E-state index is 13.7. The second kappa shape index (κ2) is 4.87. The molecule has 0 N–H and O–H groups in total. The lowest BCUT2D eigenvalue weighted by atomic mass is 10.1. The van der Waals surface area contributed by atoms with E-state index in [1.807, 2.05) is 0 Å². The van der Waals surface area contributed by atoms with Gasteiger partial charge in [-0.3, -0.25) is 4.98 Å². The van der Waals surface area contributed by atoms with Gasteiger partial charge in [0.1, 0.15) is 11.6 Å². The van der Waals surface area contributed by atoms with Crippen LogP contribution < -0.4 is 4.74 Å². The van der Waals surface area contributed by atoms with Gasteiger partial charge < -0.3 is 4.74 Å². The summed E-state index contributed by atoms with van der Waals surface area (Å²) in [7, 11) is 1.43. The number of hydrogen-bond donors (Lipinski definition) is 0. The van der Waals surface area contributed by atoms with Gasteiger partial charge >= 0.3 is 6.18 Å². The van der Waals surface area contributed by atoms with Crippen LogP contribution in [0.25, 0.3) is 11.3 Å². The van der Waals surface area contributed by atoms with Gasteiger partial charge in [0.15, 0.2) is 0 Å². The Labute approximate surface area is 106 Å². The number of methoxy groups -OCH3 is 1. The Hall–Kier alpha value is -2.11. The maximum Gasteiger partial charge on any atom is 0.416 e. The number of pyridine rings is 1. The molecule has 0 amide bonds. The second-order valence-electron chi connectivity index (χ2n) is 3.77. The van der Waals surface area contributed by atoms with E-state index in [1.54, 1.807) is 6.07 Å². The van der Waals surface area contributed by atoms with Crippen LogP contribution in [-0.2, 0) is 6.18 Å². The third-order valence-electron chi connectivity index (χ3n) is 2.54. The van der Waals surface area contributed by atoms with Crippen LogP contribution in [0.15, 0.2) is 36.5 Å². The molecule has 2 aromatic rings. The normalized spacial score (nSPS) is 11.4. The lowest BCUT2D eigenvalue weighted by molar-refractivity contribution is -0.137. The molecule has 0 aliphatic heterocycles. The van der Waals surface area contributed by atoms with E-state index in [0.717, 1.165) is 12.1 Å². The zero-order chi connectivity index (χ0) is 14.0. The molecule has 0 unspecified atom stereocenters. The van der Waals surface area contributed by atoms with Gasteiger partial charge in [0, 0.05) is 17.8 Å². The molecule has 0 saturated heterocycles. The number of ether oxygens (including phenoxy) is 1. The first-order valence-corrected chi connectivity index (χ1v) is 5.29. The summed E-state index contributed by atoms with van der Waals surface area (Å²) < 4.78 is 55.9. The van der Waals surface area contributed by atoms with Crippen LogP contribution in [0.3, 0.4) is 0 Å². The van der Waals surface area contributed by atoms with Gasteiger partial charge in [-0.1, -0.05) is 0 Å². The van der Waals surface area contributed by atoms with Gasteiger partial charge in [-0.05, 0) is 24.3 Å². The summed E-state index contributed by atoms with van der Waals surface area (Å²) in [5, 5.41) is 0. The molecule has 6 heteroatoms. The first-order valence-electron chi connectivity index (χ1n) is 5.29. The van der Waals surface area contributed by atoms with Gasteiger partial charge in [-0.15, -0.1) is 0 Å². The van der Waals surface area contributed by atoms with Crippen LogP contribution in [0, 0.1) is 5.82 Å². The SMILES string of the molecule is COc1ccnc(-c2ccc(C(F)(F)F)cc2F)c1. The van der Waals surface area contributed by atoms with Gasteiger partial charge in [0.2, 0.25) is 0 Å². The van der Waals surface area contributed by atoms with Crippen LogP contribution in [0.1, 0.15) is 5.56 Å². The molecule has 0 spiro atoms. The van der Waals surface area contributed by atoms with E-state index in [4.69, 9.17) is 4.74 Å². The highest BCUT2D eigenvalue weighted by molar-refractivity contribution is 5.62. The lowest BCUT2D eigenvalue weighted by Gasteiger charge is -2.09. The zero-order valence-corrected chi connectivity index (χ0v) is 9.83. The number of nitrogens with zero attached hydrogens (tertiary/aromatic N) is 1. The molecule has 0 fully saturated rings. The predicted molar refractivity (Wildman–Crippen MR) is 61.2 cm³/mol. The molecule has 2 nitrogen and oxygen atoms in total. The topological polar surface area (TPSA) is 22.1 Å². The van der Waals surface area contributed by atoms with E-state index in [0.29, 0.717) is 11.8 Å². The number of aromatic nitrogens is 1. The van der Waals surface area contributed by atoms with Crippen molar-refractivity contribution in [3.05, 3.63) is 47.9 Å². The molecule has 0 aliphatic carbocycles. The first kappa shape index (κ1) is 13.3. The van der Waals surface area contributed by atoms with Crippen molar-refractivity contribution < 1.29 is 22.3 Å². The van der Waals surface area contributed by atoms with Crippen molar-refractivity contribution in [2.24, 2.45) is 0 Å². The third kappa shape index (κ3) is 2.83.